The van der Waals surface area contributed by atoms with Crippen LogP contribution < -0.4 is 15.8 Å². The summed E-state index contributed by atoms with van der Waals surface area (Å²) >= 11 is 0. The van der Waals surface area contributed by atoms with Gasteiger partial charge in [-0.3, -0.25) is 4.90 Å². The summed E-state index contributed by atoms with van der Waals surface area (Å²) in [6, 6.07) is 6.09. The molecule has 28 heavy (non-hydrogen) atoms. The summed E-state index contributed by atoms with van der Waals surface area (Å²) in [5.41, 5.74) is 0.788. The molecule has 1 aromatic rings. The summed E-state index contributed by atoms with van der Waals surface area (Å²) in [6.45, 7) is 5.49. The molecule has 2 atom stereocenters. The van der Waals surface area contributed by atoms with Crippen LogP contribution in [0.4, 0.5) is 4.79 Å². The van der Waals surface area contributed by atoms with Crippen molar-refractivity contribution in [3.63, 3.8) is 0 Å². The number of hydrogen-bond donors (Lipinski definition) is 3. The van der Waals surface area contributed by atoms with E-state index < -0.39 is 10.0 Å². The average molecular weight is 413 g/mol. The average Bonchev–Trinajstić information content (AvgIpc) is 3.21. The first kappa shape index (κ1) is 21.0. The zero-order valence-electron chi connectivity index (χ0n) is 15.8. The molecule has 1 aromatic carbocycles. The number of rotatable bonds is 7. The third-order valence-electron chi connectivity index (χ3n) is 5.20. The van der Waals surface area contributed by atoms with Gasteiger partial charge in [-0.1, -0.05) is 12.1 Å². The number of morpholine rings is 1. The van der Waals surface area contributed by atoms with Gasteiger partial charge in [0.1, 0.15) is 0 Å². The van der Waals surface area contributed by atoms with Gasteiger partial charge in [0.25, 0.3) is 0 Å². The molecule has 0 radical (unpaired) electrons. The topological polar surface area (TPSA) is 123 Å². The molecule has 9 nitrogen and oxygen atoms in total. The number of benzene rings is 1. The van der Waals surface area contributed by atoms with Crippen LogP contribution in [-0.2, 0) is 26.0 Å². The highest BCUT2D eigenvalue weighted by Gasteiger charge is 2.31. The maximum absolute atomic E-state index is 12.2. The number of carbonyl (C=O) groups excluding carboxylic acids is 1. The van der Waals surface area contributed by atoms with E-state index in [4.69, 9.17) is 14.6 Å². The highest BCUT2D eigenvalue weighted by Crippen LogP contribution is 2.21. The van der Waals surface area contributed by atoms with Crippen LogP contribution in [0.15, 0.2) is 29.2 Å². The van der Waals surface area contributed by atoms with Crippen molar-refractivity contribution in [2.75, 3.05) is 46.1 Å². The van der Waals surface area contributed by atoms with Gasteiger partial charge in [-0.15, -0.1) is 0 Å². The summed E-state index contributed by atoms with van der Waals surface area (Å²) in [4.78, 5) is 14.7. The molecule has 4 N–H and O–H groups in total. The fraction of sp³-hybridized carbons (Fsp3) is 0.611. The Morgan fingerprint density at radius 1 is 1.14 bits per heavy atom. The van der Waals surface area contributed by atoms with Gasteiger partial charge in [-0.2, -0.15) is 0 Å². The zero-order chi connectivity index (χ0) is 20.0. The first-order valence-corrected chi connectivity index (χ1v) is 11.0. The highest BCUT2D eigenvalue weighted by molar-refractivity contribution is 7.89. The Morgan fingerprint density at radius 3 is 2.46 bits per heavy atom. The van der Waals surface area contributed by atoms with Crippen LogP contribution in [-0.4, -0.2) is 71.5 Å². The second-order valence-corrected chi connectivity index (χ2v) is 8.65. The van der Waals surface area contributed by atoms with Gasteiger partial charge in [0.2, 0.25) is 10.0 Å². The number of nitrogens with zero attached hydrogens (tertiary/aromatic N) is 1. The third-order valence-corrected chi connectivity index (χ3v) is 6.13. The molecule has 0 bridgehead atoms. The molecule has 0 spiro atoms. The number of urea groups is 1. The van der Waals surface area contributed by atoms with Crippen molar-refractivity contribution in [3.05, 3.63) is 29.8 Å². The first-order chi connectivity index (χ1) is 13.4. The molecular weight excluding hydrogens is 384 g/mol. The molecule has 3 rings (SSSR count). The predicted octanol–water partition coefficient (Wildman–Crippen LogP) is -0.129. The Hall–Kier alpha value is -1.72. The van der Waals surface area contributed by atoms with Gasteiger partial charge in [0.15, 0.2) is 0 Å². The Bertz CT molecular complexity index is 744. The van der Waals surface area contributed by atoms with E-state index in [1.165, 1.54) is 12.1 Å². The molecule has 10 heteroatoms. The number of amides is 2. The number of hydrogen-bond acceptors (Lipinski definition) is 6. The van der Waals surface area contributed by atoms with Crippen molar-refractivity contribution in [1.82, 2.24) is 15.5 Å². The zero-order valence-corrected chi connectivity index (χ0v) is 16.6. The molecule has 0 aromatic heterocycles. The van der Waals surface area contributed by atoms with Gasteiger partial charge in [-0.05, 0) is 24.1 Å². The van der Waals surface area contributed by atoms with Crippen LogP contribution in [0.2, 0.25) is 0 Å². The quantitative estimate of drug-likeness (QED) is 0.573. The van der Waals surface area contributed by atoms with Crippen LogP contribution in [0.5, 0.6) is 0 Å². The number of primary sulfonamides is 1. The molecule has 2 saturated heterocycles. The molecule has 2 aliphatic heterocycles. The van der Waals surface area contributed by atoms with E-state index in [0.29, 0.717) is 32.2 Å². The second-order valence-electron chi connectivity index (χ2n) is 7.09. The Kier molecular flexibility index (Phi) is 7.24. The minimum Gasteiger partial charge on any atom is -0.381 e. The predicted molar refractivity (Wildman–Crippen MR) is 103 cm³/mol. The van der Waals surface area contributed by atoms with Crippen molar-refractivity contribution in [2.24, 2.45) is 11.1 Å². The lowest BCUT2D eigenvalue weighted by Gasteiger charge is -2.37. The van der Waals surface area contributed by atoms with E-state index in [2.05, 4.69) is 15.5 Å². The van der Waals surface area contributed by atoms with E-state index >= 15 is 0 Å². The van der Waals surface area contributed by atoms with Gasteiger partial charge in [0.05, 0.1) is 24.7 Å². The Labute approximate surface area is 165 Å². The minimum absolute atomic E-state index is 0.0489. The van der Waals surface area contributed by atoms with Crippen LogP contribution in [0.1, 0.15) is 12.0 Å². The lowest BCUT2D eigenvalue weighted by Crippen LogP contribution is -2.53. The van der Waals surface area contributed by atoms with Crippen LogP contribution in [0.3, 0.4) is 0 Å². The Morgan fingerprint density at radius 2 is 1.86 bits per heavy atom. The van der Waals surface area contributed by atoms with Crippen LogP contribution >= 0.6 is 0 Å². The minimum atomic E-state index is -3.71. The van der Waals surface area contributed by atoms with Gasteiger partial charge >= 0.3 is 6.03 Å². The van der Waals surface area contributed by atoms with Crippen molar-refractivity contribution >= 4 is 16.1 Å². The summed E-state index contributed by atoms with van der Waals surface area (Å²) < 4.78 is 33.5. The van der Waals surface area contributed by atoms with Crippen molar-refractivity contribution in [1.29, 1.82) is 0 Å². The second kappa shape index (κ2) is 9.66. The lowest BCUT2D eigenvalue weighted by atomic mass is 9.97. The highest BCUT2D eigenvalue weighted by atomic mass is 32.2. The number of nitrogens with two attached hydrogens (primary N) is 1. The van der Waals surface area contributed by atoms with Crippen LogP contribution in [0, 0.1) is 5.92 Å². The molecular formula is C18H28N4O5S. The SMILES string of the molecule is NS(=O)(=O)c1ccc(CNC(=O)NCC(C2CCOC2)N2CCOCC2)cc1. The molecule has 0 aliphatic carbocycles. The van der Waals surface area contributed by atoms with Crippen molar-refractivity contribution in [2.45, 2.75) is 23.9 Å². The van der Waals surface area contributed by atoms with Gasteiger partial charge in [0, 0.05) is 44.7 Å². The van der Waals surface area contributed by atoms with Crippen molar-refractivity contribution < 1.29 is 22.7 Å². The third kappa shape index (κ3) is 5.89. The summed E-state index contributed by atoms with van der Waals surface area (Å²) in [6.07, 6.45) is 1.00. The summed E-state index contributed by atoms with van der Waals surface area (Å²) in [5.74, 6) is 0.407. The number of ether oxygens (including phenoxy) is 2. The number of nitrogens with one attached hydrogen (secondary N) is 2. The van der Waals surface area contributed by atoms with Crippen molar-refractivity contribution in [3.8, 4) is 0 Å². The van der Waals surface area contributed by atoms with E-state index in [9.17, 15) is 13.2 Å². The fourth-order valence-electron chi connectivity index (χ4n) is 3.60. The van der Waals surface area contributed by atoms with Gasteiger partial charge < -0.3 is 20.1 Å². The van der Waals surface area contributed by atoms with Crippen LogP contribution in [0.25, 0.3) is 0 Å². The molecule has 2 amide bonds. The molecule has 156 valence electrons. The summed E-state index contributed by atoms with van der Waals surface area (Å²) in [5, 5.41) is 10.8. The Balaban J connectivity index is 1.48. The molecule has 2 fully saturated rings. The normalized spacial score (nSPS) is 22.0. The molecule has 2 heterocycles. The van der Waals surface area contributed by atoms with E-state index in [1.54, 1.807) is 12.1 Å². The van der Waals surface area contributed by atoms with E-state index in [-0.39, 0.29) is 17.0 Å². The molecule has 2 aliphatic rings. The maximum atomic E-state index is 12.2. The maximum Gasteiger partial charge on any atom is 0.315 e. The standard InChI is InChI=1S/C18H28N4O5S/c19-28(24,25)16-3-1-14(2-4-16)11-20-18(23)21-12-17(15-5-8-27-13-15)22-6-9-26-10-7-22/h1-4,15,17H,5-13H2,(H2,19,24,25)(H2,20,21,23). The van der Waals surface area contributed by atoms with Gasteiger partial charge in [-0.25, -0.2) is 18.4 Å². The van der Waals surface area contributed by atoms with E-state index in [0.717, 1.165) is 38.3 Å². The lowest BCUT2D eigenvalue weighted by molar-refractivity contribution is 0.00212. The monoisotopic (exact) mass is 412 g/mol. The fourth-order valence-corrected chi connectivity index (χ4v) is 4.11. The number of carbonyl (C=O) groups is 1. The summed E-state index contributed by atoms with van der Waals surface area (Å²) in [7, 11) is -3.71. The molecule has 2 unspecified atom stereocenters. The smallest absolute Gasteiger partial charge is 0.315 e. The first-order valence-electron chi connectivity index (χ1n) is 9.46. The van der Waals surface area contributed by atoms with E-state index in [1.807, 2.05) is 0 Å². The molecule has 0 saturated carbocycles. The number of sulfonamides is 1. The largest absolute Gasteiger partial charge is 0.381 e.